The van der Waals surface area contributed by atoms with E-state index in [0.29, 0.717) is 25.8 Å². The molecule has 0 fully saturated rings. The molecular formula is C21H42N2O4. The van der Waals surface area contributed by atoms with Gasteiger partial charge in [0.05, 0.1) is 12.5 Å². The van der Waals surface area contributed by atoms with E-state index >= 15 is 0 Å². The molecule has 0 rings (SSSR count). The Hall–Kier alpha value is -1.14. The SMILES string of the molecule is CCCCCCCCCCCCCC(O)CC(=O)N[C@@H](CCCN)C(=O)O. The Balaban J connectivity index is 3.63. The van der Waals surface area contributed by atoms with Crippen LogP contribution in [-0.2, 0) is 9.59 Å². The molecule has 0 saturated heterocycles. The lowest BCUT2D eigenvalue weighted by Gasteiger charge is -2.16. The first-order chi connectivity index (χ1) is 13.0. The number of carboxylic acid groups (broad SMARTS) is 1. The van der Waals surface area contributed by atoms with Crippen LogP contribution in [0.25, 0.3) is 0 Å². The maximum atomic E-state index is 11.9. The van der Waals surface area contributed by atoms with Gasteiger partial charge in [0.1, 0.15) is 6.04 Å². The van der Waals surface area contributed by atoms with Crippen LogP contribution in [0.3, 0.4) is 0 Å². The van der Waals surface area contributed by atoms with Gasteiger partial charge in [0.25, 0.3) is 0 Å². The lowest BCUT2D eigenvalue weighted by atomic mass is 10.0. The zero-order valence-electron chi connectivity index (χ0n) is 17.3. The van der Waals surface area contributed by atoms with Crippen LogP contribution < -0.4 is 11.1 Å². The monoisotopic (exact) mass is 386 g/mol. The van der Waals surface area contributed by atoms with Crippen molar-refractivity contribution in [3.63, 3.8) is 0 Å². The Bertz CT molecular complexity index is 377. The number of aliphatic hydroxyl groups excluding tert-OH is 1. The summed E-state index contributed by atoms with van der Waals surface area (Å²) in [6, 6.07) is -0.921. The van der Waals surface area contributed by atoms with E-state index in [9.17, 15) is 14.7 Å². The topological polar surface area (TPSA) is 113 Å². The van der Waals surface area contributed by atoms with Crippen molar-refractivity contribution in [2.75, 3.05) is 6.54 Å². The van der Waals surface area contributed by atoms with Crippen LogP contribution in [0.15, 0.2) is 0 Å². The van der Waals surface area contributed by atoms with Gasteiger partial charge in [-0.05, 0) is 25.8 Å². The van der Waals surface area contributed by atoms with Gasteiger partial charge in [-0.25, -0.2) is 4.79 Å². The van der Waals surface area contributed by atoms with Gasteiger partial charge >= 0.3 is 5.97 Å². The van der Waals surface area contributed by atoms with Gasteiger partial charge < -0.3 is 21.3 Å². The summed E-state index contributed by atoms with van der Waals surface area (Å²) in [7, 11) is 0. The standard InChI is InChI=1S/C21H42N2O4/c1-2-3-4-5-6-7-8-9-10-11-12-14-18(24)17-20(25)23-19(21(26)27)15-13-16-22/h18-19,24H,2-17,22H2,1H3,(H,23,25)(H,26,27)/t18?,19-/m0/s1. The molecule has 0 bridgehead atoms. The van der Waals surface area contributed by atoms with Crippen LogP contribution in [0.2, 0.25) is 0 Å². The molecule has 0 aromatic carbocycles. The largest absolute Gasteiger partial charge is 0.480 e. The lowest BCUT2D eigenvalue weighted by molar-refractivity contribution is -0.142. The third-order valence-electron chi connectivity index (χ3n) is 4.89. The fourth-order valence-electron chi connectivity index (χ4n) is 3.19. The van der Waals surface area contributed by atoms with Gasteiger partial charge in [0.15, 0.2) is 0 Å². The predicted molar refractivity (Wildman–Crippen MR) is 110 cm³/mol. The lowest BCUT2D eigenvalue weighted by Crippen LogP contribution is -2.42. The fraction of sp³-hybridized carbons (Fsp3) is 0.905. The number of amides is 1. The molecule has 0 aliphatic rings. The number of hydrogen-bond donors (Lipinski definition) is 4. The molecule has 0 aliphatic carbocycles. The number of carbonyl (C=O) groups is 2. The Morgan fingerprint density at radius 2 is 1.37 bits per heavy atom. The number of rotatable bonds is 19. The van der Waals surface area contributed by atoms with Crippen molar-refractivity contribution < 1.29 is 19.8 Å². The Labute approximate surface area is 165 Å². The maximum absolute atomic E-state index is 11.9. The van der Waals surface area contributed by atoms with E-state index in [1.807, 2.05) is 0 Å². The number of hydrogen-bond acceptors (Lipinski definition) is 4. The highest BCUT2D eigenvalue weighted by Gasteiger charge is 2.20. The van der Waals surface area contributed by atoms with Crippen molar-refractivity contribution in [1.29, 1.82) is 0 Å². The van der Waals surface area contributed by atoms with Crippen molar-refractivity contribution in [2.45, 2.75) is 115 Å². The molecule has 6 heteroatoms. The minimum Gasteiger partial charge on any atom is -0.480 e. The van der Waals surface area contributed by atoms with Crippen LogP contribution in [-0.4, -0.2) is 40.8 Å². The van der Waals surface area contributed by atoms with Crippen LogP contribution in [0, 0.1) is 0 Å². The zero-order chi connectivity index (χ0) is 20.3. The Morgan fingerprint density at radius 1 is 0.852 bits per heavy atom. The van der Waals surface area contributed by atoms with Gasteiger partial charge in [-0.3, -0.25) is 4.79 Å². The Morgan fingerprint density at radius 3 is 1.85 bits per heavy atom. The van der Waals surface area contributed by atoms with E-state index in [1.54, 1.807) is 0 Å². The first-order valence-electron chi connectivity index (χ1n) is 10.9. The average Bonchev–Trinajstić information content (AvgIpc) is 2.62. The normalized spacial score (nSPS) is 13.3. The summed E-state index contributed by atoms with van der Waals surface area (Å²) in [6.45, 7) is 2.63. The number of carboxylic acids is 1. The molecule has 0 aromatic rings. The second-order valence-electron chi connectivity index (χ2n) is 7.57. The van der Waals surface area contributed by atoms with Gasteiger partial charge in [0, 0.05) is 0 Å². The van der Waals surface area contributed by atoms with E-state index in [0.717, 1.165) is 12.8 Å². The van der Waals surface area contributed by atoms with Crippen LogP contribution in [0.1, 0.15) is 103 Å². The number of aliphatic carboxylic acids is 1. The van der Waals surface area contributed by atoms with Crippen molar-refractivity contribution in [3.05, 3.63) is 0 Å². The summed E-state index contributed by atoms with van der Waals surface area (Å²) in [5.41, 5.74) is 5.37. The molecule has 0 radical (unpaired) electrons. The molecule has 2 atom stereocenters. The molecule has 0 spiro atoms. The Kier molecular flexibility index (Phi) is 17.5. The molecule has 5 N–H and O–H groups in total. The molecule has 1 amide bonds. The van der Waals surface area contributed by atoms with Crippen molar-refractivity contribution in [2.24, 2.45) is 5.73 Å². The average molecular weight is 387 g/mol. The van der Waals surface area contributed by atoms with E-state index in [-0.39, 0.29) is 6.42 Å². The van der Waals surface area contributed by atoms with Crippen molar-refractivity contribution >= 4 is 11.9 Å². The first-order valence-corrected chi connectivity index (χ1v) is 10.9. The van der Waals surface area contributed by atoms with Crippen molar-refractivity contribution in [3.8, 4) is 0 Å². The van der Waals surface area contributed by atoms with Crippen LogP contribution in [0.4, 0.5) is 0 Å². The smallest absolute Gasteiger partial charge is 0.326 e. The molecular weight excluding hydrogens is 344 g/mol. The summed E-state index contributed by atoms with van der Waals surface area (Å²) in [4.78, 5) is 23.0. The van der Waals surface area contributed by atoms with Crippen LogP contribution >= 0.6 is 0 Å². The molecule has 0 aliphatic heterocycles. The van der Waals surface area contributed by atoms with Gasteiger partial charge in [-0.15, -0.1) is 0 Å². The summed E-state index contributed by atoms with van der Waals surface area (Å²) in [5.74, 6) is -1.47. The molecule has 0 saturated carbocycles. The number of unbranched alkanes of at least 4 members (excludes halogenated alkanes) is 10. The number of nitrogens with one attached hydrogen (secondary N) is 1. The highest BCUT2D eigenvalue weighted by molar-refractivity contribution is 5.83. The molecule has 160 valence electrons. The van der Waals surface area contributed by atoms with Crippen LogP contribution in [0.5, 0.6) is 0 Å². The third-order valence-corrected chi connectivity index (χ3v) is 4.89. The van der Waals surface area contributed by atoms with E-state index in [2.05, 4.69) is 12.2 Å². The predicted octanol–water partition coefficient (Wildman–Crippen LogP) is 3.75. The summed E-state index contributed by atoms with van der Waals surface area (Å²) in [5, 5.41) is 21.5. The minimum atomic E-state index is -1.06. The van der Waals surface area contributed by atoms with Crippen molar-refractivity contribution in [1.82, 2.24) is 5.32 Å². The van der Waals surface area contributed by atoms with Gasteiger partial charge in [-0.2, -0.15) is 0 Å². The van der Waals surface area contributed by atoms with Gasteiger partial charge in [0.2, 0.25) is 5.91 Å². The number of aliphatic hydroxyl groups is 1. The molecule has 0 heterocycles. The quantitative estimate of drug-likeness (QED) is 0.253. The minimum absolute atomic E-state index is 0.0375. The zero-order valence-corrected chi connectivity index (χ0v) is 17.3. The number of carbonyl (C=O) groups excluding carboxylic acids is 1. The highest BCUT2D eigenvalue weighted by Crippen LogP contribution is 2.13. The highest BCUT2D eigenvalue weighted by atomic mass is 16.4. The first kappa shape index (κ1) is 25.9. The second kappa shape index (κ2) is 18.2. The number of nitrogens with two attached hydrogens (primary N) is 1. The van der Waals surface area contributed by atoms with E-state index in [4.69, 9.17) is 10.8 Å². The summed E-state index contributed by atoms with van der Waals surface area (Å²) < 4.78 is 0. The summed E-state index contributed by atoms with van der Waals surface area (Å²) >= 11 is 0. The molecule has 6 nitrogen and oxygen atoms in total. The van der Waals surface area contributed by atoms with E-state index in [1.165, 1.54) is 57.8 Å². The van der Waals surface area contributed by atoms with Gasteiger partial charge in [-0.1, -0.05) is 77.6 Å². The fourth-order valence-corrected chi connectivity index (χ4v) is 3.19. The maximum Gasteiger partial charge on any atom is 0.326 e. The summed E-state index contributed by atoms with van der Waals surface area (Å²) in [6.07, 6.45) is 14.4. The van der Waals surface area contributed by atoms with E-state index < -0.39 is 24.0 Å². The molecule has 0 aromatic heterocycles. The second-order valence-corrected chi connectivity index (χ2v) is 7.57. The third kappa shape index (κ3) is 16.7. The molecule has 1 unspecified atom stereocenters. The molecule has 27 heavy (non-hydrogen) atoms.